The fourth-order valence-corrected chi connectivity index (χ4v) is 1.69. The van der Waals surface area contributed by atoms with Crippen LogP contribution in [0.15, 0.2) is 45.9 Å². The molecular weight excluding hydrogens is 350 g/mol. The predicted octanol–water partition coefficient (Wildman–Crippen LogP) is 2.79. The van der Waals surface area contributed by atoms with Crippen LogP contribution in [0.2, 0.25) is 0 Å². The average Bonchev–Trinajstić information content (AvgIpc) is 2.75. The molecule has 1 aromatic heterocycles. The van der Waals surface area contributed by atoms with Crippen LogP contribution in [0.1, 0.15) is 16.1 Å². The molecule has 0 saturated carbocycles. The molecule has 6 heteroatoms. The van der Waals surface area contributed by atoms with E-state index < -0.39 is 11.7 Å². The van der Waals surface area contributed by atoms with Gasteiger partial charge in [-0.1, -0.05) is 12.1 Å². The second kappa shape index (κ2) is 5.76. The summed E-state index contributed by atoms with van der Waals surface area (Å²) in [5.41, 5.74) is 2.17. The van der Waals surface area contributed by atoms with Gasteiger partial charge >= 0.3 is 0 Å². The topological polar surface area (TPSA) is 54.6 Å². The Morgan fingerprint density at radius 1 is 1.33 bits per heavy atom. The van der Waals surface area contributed by atoms with Crippen molar-refractivity contribution in [3.05, 3.63) is 57.3 Å². The molecule has 2 rings (SSSR count). The van der Waals surface area contributed by atoms with E-state index in [-0.39, 0.29) is 5.56 Å². The smallest absolute Gasteiger partial charge is 0.274 e. The van der Waals surface area contributed by atoms with Gasteiger partial charge in [-0.2, -0.15) is 5.10 Å². The highest BCUT2D eigenvalue weighted by Gasteiger charge is 2.09. The maximum Gasteiger partial charge on any atom is 0.274 e. The lowest BCUT2D eigenvalue weighted by molar-refractivity contribution is 0.0951. The van der Waals surface area contributed by atoms with Gasteiger partial charge in [0.15, 0.2) is 3.77 Å². The molecule has 0 aliphatic heterocycles. The third-order valence-corrected chi connectivity index (χ3v) is 2.65. The fourth-order valence-electron chi connectivity index (χ4n) is 1.26. The van der Waals surface area contributed by atoms with Gasteiger partial charge in [0.25, 0.3) is 5.91 Å². The van der Waals surface area contributed by atoms with Crippen LogP contribution in [0.25, 0.3) is 0 Å². The van der Waals surface area contributed by atoms with Crippen LogP contribution in [0.3, 0.4) is 0 Å². The Morgan fingerprint density at radius 3 is 2.78 bits per heavy atom. The minimum atomic E-state index is -0.606. The van der Waals surface area contributed by atoms with E-state index in [4.69, 9.17) is 4.42 Å². The summed E-state index contributed by atoms with van der Waals surface area (Å²) in [6.45, 7) is 0. The van der Waals surface area contributed by atoms with Crippen LogP contribution in [-0.2, 0) is 0 Å². The molecule has 4 nitrogen and oxygen atoms in total. The van der Waals surface area contributed by atoms with Crippen molar-refractivity contribution >= 4 is 34.7 Å². The summed E-state index contributed by atoms with van der Waals surface area (Å²) >= 11 is 2.01. The summed E-state index contributed by atoms with van der Waals surface area (Å²) < 4.78 is 19.2. The number of carbonyl (C=O) groups is 1. The molecule has 0 aliphatic carbocycles. The van der Waals surface area contributed by atoms with Crippen molar-refractivity contribution in [2.24, 2.45) is 5.10 Å². The first-order chi connectivity index (χ1) is 8.66. The van der Waals surface area contributed by atoms with Crippen molar-refractivity contribution in [2.45, 2.75) is 0 Å². The SMILES string of the molecule is O=C(N/N=C\c1ccc(I)o1)c1ccccc1F. The molecule has 0 radical (unpaired) electrons. The van der Waals surface area contributed by atoms with E-state index in [0.29, 0.717) is 5.76 Å². The molecule has 0 atom stereocenters. The van der Waals surface area contributed by atoms with Gasteiger partial charge in [0.05, 0.1) is 11.8 Å². The van der Waals surface area contributed by atoms with Crippen LogP contribution >= 0.6 is 22.6 Å². The minimum absolute atomic E-state index is 0.0522. The summed E-state index contributed by atoms with van der Waals surface area (Å²) in [7, 11) is 0. The largest absolute Gasteiger partial charge is 0.449 e. The third-order valence-electron chi connectivity index (χ3n) is 2.07. The lowest BCUT2D eigenvalue weighted by Gasteiger charge is -1.99. The number of hydrogen-bond acceptors (Lipinski definition) is 3. The predicted molar refractivity (Wildman–Crippen MR) is 72.9 cm³/mol. The number of hydrazone groups is 1. The number of nitrogens with zero attached hydrogens (tertiary/aromatic N) is 1. The molecule has 1 N–H and O–H groups in total. The van der Waals surface area contributed by atoms with Crippen molar-refractivity contribution in [1.82, 2.24) is 5.43 Å². The highest BCUT2D eigenvalue weighted by molar-refractivity contribution is 14.1. The van der Waals surface area contributed by atoms with Crippen LogP contribution in [0.5, 0.6) is 0 Å². The first-order valence-corrected chi connectivity index (χ1v) is 6.08. The van der Waals surface area contributed by atoms with Crippen molar-refractivity contribution in [3.8, 4) is 0 Å². The average molecular weight is 358 g/mol. The van der Waals surface area contributed by atoms with Crippen LogP contribution in [0.4, 0.5) is 4.39 Å². The second-order valence-corrected chi connectivity index (χ2v) is 4.38. The van der Waals surface area contributed by atoms with Crippen LogP contribution < -0.4 is 5.43 Å². The third kappa shape index (κ3) is 3.16. The molecule has 0 saturated heterocycles. The lowest BCUT2D eigenvalue weighted by Crippen LogP contribution is -2.18. The van der Waals surface area contributed by atoms with E-state index in [1.807, 2.05) is 22.6 Å². The van der Waals surface area contributed by atoms with Crippen molar-refractivity contribution in [1.29, 1.82) is 0 Å². The van der Waals surface area contributed by atoms with Gasteiger partial charge in [0, 0.05) is 0 Å². The van der Waals surface area contributed by atoms with E-state index in [0.717, 1.165) is 3.77 Å². The standard InChI is InChI=1S/C12H8FIN2O2/c13-10-4-2-1-3-9(10)12(17)16-15-7-8-5-6-11(14)18-8/h1-7H,(H,16,17)/b15-7-. The molecule has 18 heavy (non-hydrogen) atoms. The number of nitrogens with one attached hydrogen (secondary N) is 1. The van der Waals surface area contributed by atoms with Gasteiger partial charge in [-0.25, -0.2) is 9.82 Å². The quantitative estimate of drug-likeness (QED) is 0.521. The summed E-state index contributed by atoms with van der Waals surface area (Å²) in [5.74, 6) is -0.684. The minimum Gasteiger partial charge on any atom is -0.449 e. The number of amides is 1. The van der Waals surface area contributed by atoms with Gasteiger partial charge in [0.1, 0.15) is 11.6 Å². The summed E-state index contributed by atoms with van der Waals surface area (Å²) in [4.78, 5) is 11.6. The number of benzene rings is 1. The zero-order valence-electron chi connectivity index (χ0n) is 9.06. The van der Waals surface area contributed by atoms with Crippen molar-refractivity contribution in [3.63, 3.8) is 0 Å². The lowest BCUT2D eigenvalue weighted by atomic mass is 10.2. The summed E-state index contributed by atoms with van der Waals surface area (Å²) in [6.07, 6.45) is 1.35. The molecule has 0 unspecified atom stereocenters. The van der Waals surface area contributed by atoms with E-state index >= 15 is 0 Å². The Hall–Kier alpha value is -1.70. The normalized spacial score (nSPS) is 10.8. The second-order valence-electron chi connectivity index (χ2n) is 3.32. The molecule has 0 bridgehead atoms. The molecule has 92 valence electrons. The monoisotopic (exact) mass is 358 g/mol. The maximum absolute atomic E-state index is 13.3. The molecule has 1 heterocycles. The van der Waals surface area contributed by atoms with E-state index in [9.17, 15) is 9.18 Å². The maximum atomic E-state index is 13.3. The highest BCUT2D eigenvalue weighted by Crippen LogP contribution is 2.08. The Balaban J connectivity index is 2.01. The molecule has 0 aliphatic rings. The van der Waals surface area contributed by atoms with Gasteiger partial charge in [-0.3, -0.25) is 4.79 Å². The number of furan rings is 1. The molecular formula is C12H8FIN2O2. The van der Waals surface area contributed by atoms with E-state index in [1.165, 1.54) is 24.4 Å². The molecule has 2 aromatic rings. The summed E-state index contributed by atoms with van der Waals surface area (Å²) in [6, 6.07) is 9.17. The highest BCUT2D eigenvalue weighted by atomic mass is 127. The number of halogens is 2. The van der Waals surface area contributed by atoms with Crippen LogP contribution in [0, 0.1) is 9.58 Å². The number of rotatable bonds is 3. The Kier molecular flexibility index (Phi) is 4.08. The molecule has 0 spiro atoms. The van der Waals surface area contributed by atoms with Crippen molar-refractivity contribution in [2.75, 3.05) is 0 Å². The molecule has 1 aromatic carbocycles. The van der Waals surface area contributed by atoms with Gasteiger partial charge in [-0.15, -0.1) is 0 Å². The number of hydrogen-bond donors (Lipinski definition) is 1. The fraction of sp³-hybridized carbons (Fsp3) is 0. The molecule has 0 fully saturated rings. The summed E-state index contributed by atoms with van der Waals surface area (Å²) in [5, 5.41) is 3.68. The Labute approximate surface area is 116 Å². The first kappa shape index (κ1) is 12.7. The van der Waals surface area contributed by atoms with E-state index in [1.54, 1.807) is 18.2 Å². The van der Waals surface area contributed by atoms with Gasteiger partial charge in [0.2, 0.25) is 0 Å². The zero-order chi connectivity index (χ0) is 13.0. The first-order valence-electron chi connectivity index (χ1n) is 5.00. The Morgan fingerprint density at radius 2 is 2.11 bits per heavy atom. The molecule has 1 amide bonds. The zero-order valence-corrected chi connectivity index (χ0v) is 11.2. The van der Waals surface area contributed by atoms with Crippen LogP contribution in [-0.4, -0.2) is 12.1 Å². The van der Waals surface area contributed by atoms with E-state index in [2.05, 4.69) is 10.5 Å². The number of carbonyl (C=O) groups excluding carboxylic acids is 1. The van der Waals surface area contributed by atoms with Gasteiger partial charge in [-0.05, 0) is 46.9 Å². The van der Waals surface area contributed by atoms with Gasteiger partial charge < -0.3 is 4.42 Å². The Bertz CT molecular complexity index is 595. The van der Waals surface area contributed by atoms with Crippen molar-refractivity contribution < 1.29 is 13.6 Å².